The van der Waals surface area contributed by atoms with Crippen LogP contribution in [0.3, 0.4) is 0 Å². The average Bonchev–Trinajstić information content (AvgIpc) is 2.32. The van der Waals surface area contributed by atoms with Crippen LogP contribution in [-0.4, -0.2) is 11.9 Å². The summed E-state index contributed by atoms with van der Waals surface area (Å²) in [5.74, 6) is -0.00545. The van der Waals surface area contributed by atoms with Crippen molar-refractivity contribution < 1.29 is 4.79 Å². The fraction of sp³-hybridized carbons (Fsp3) is 0.533. The van der Waals surface area contributed by atoms with Crippen LogP contribution in [0.2, 0.25) is 5.02 Å². The number of hydrogen-bond acceptors (Lipinski definition) is 1. The lowest BCUT2D eigenvalue weighted by molar-refractivity contribution is 0.0929. The smallest absolute Gasteiger partial charge is 0.252 e. The number of nitrogens with one attached hydrogen (secondary N) is 1. The monoisotopic (exact) mass is 343 g/mol. The van der Waals surface area contributed by atoms with Crippen molar-refractivity contribution in [3.8, 4) is 0 Å². The van der Waals surface area contributed by atoms with Crippen LogP contribution in [0.25, 0.3) is 0 Å². The van der Waals surface area contributed by atoms with E-state index in [0.29, 0.717) is 16.6 Å². The highest BCUT2D eigenvalue weighted by Gasteiger charge is 2.16. The summed E-state index contributed by atoms with van der Waals surface area (Å²) in [6, 6.07) is 5.59. The zero-order chi connectivity index (χ0) is 13.7. The molecular weight excluding hydrogens is 326 g/mol. The van der Waals surface area contributed by atoms with Crippen molar-refractivity contribution >= 4 is 33.4 Å². The van der Waals surface area contributed by atoms with E-state index in [1.165, 1.54) is 32.1 Å². The molecule has 1 N–H and O–H groups in total. The molecule has 1 aliphatic rings. The van der Waals surface area contributed by atoms with Gasteiger partial charge < -0.3 is 5.32 Å². The van der Waals surface area contributed by atoms with Crippen LogP contribution in [0.5, 0.6) is 0 Å². The number of amides is 1. The predicted octanol–water partition coefficient (Wildman–Crippen LogP) is 4.95. The fourth-order valence-corrected chi connectivity index (χ4v) is 3.40. The fourth-order valence-electron chi connectivity index (χ4n) is 2.54. The van der Waals surface area contributed by atoms with Gasteiger partial charge in [0, 0.05) is 15.5 Å². The summed E-state index contributed by atoms with van der Waals surface area (Å²) in [5.41, 5.74) is 0.659. The van der Waals surface area contributed by atoms with Gasteiger partial charge in [0.15, 0.2) is 0 Å². The van der Waals surface area contributed by atoms with Crippen LogP contribution in [0.15, 0.2) is 22.7 Å². The second-order valence-electron chi connectivity index (χ2n) is 5.14. The first kappa shape index (κ1) is 14.9. The summed E-state index contributed by atoms with van der Waals surface area (Å²) in [6.07, 6.45) is 8.53. The van der Waals surface area contributed by atoms with Crippen molar-refractivity contribution in [3.05, 3.63) is 33.3 Å². The van der Waals surface area contributed by atoms with Gasteiger partial charge in [-0.05, 0) is 47.0 Å². The van der Waals surface area contributed by atoms with Crippen molar-refractivity contribution in [2.75, 3.05) is 0 Å². The Labute approximate surface area is 128 Å². The van der Waals surface area contributed by atoms with Gasteiger partial charge in [-0.3, -0.25) is 4.79 Å². The van der Waals surface area contributed by atoms with E-state index in [9.17, 15) is 4.79 Å². The maximum Gasteiger partial charge on any atom is 0.252 e. The van der Waals surface area contributed by atoms with Crippen molar-refractivity contribution in [1.82, 2.24) is 5.32 Å². The average molecular weight is 345 g/mol. The summed E-state index contributed by atoms with van der Waals surface area (Å²) >= 11 is 9.29. The number of carbonyl (C=O) groups is 1. The number of hydrogen-bond donors (Lipinski definition) is 1. The van der Waals surface area contributed by atoms with Crippen molar-refractivity contribution in [2.24, 2.45) is 0 Å². The number of carbonyl (C=O) groups excluding carboxylic acids is 1. The third kappa shape index (κ3) is 4.50. The van der Waals surface area contributed by atoms with E-state index in [1.54, 1.807) is 18.2 Å². The molecule has 0 aromatic heterocycles. The van der Waals surface area contributed by atoms with Crippen LogP contribution in [0.4, 0.5) is 0 Å². The molecule has 1 aromatic rings. The van der Waals surface area contributed by atoms with Gasteiger partial charge in [-0.1, -0.05) is 43.7 Å². The van der Waals surface area contributed by atoms with Crippen LogP contribution in [0.1, 0.15) is 55.3 Å². The topological polar surface area (TPSA) is 29.1 Å². The number of rotatable bonds is 2. The first-order valence-electron chi connectivity index (χ1n) is 6.93. The molecule has 0 aliphatic heterocycles. The quantitative estimate of drug-likeness (QED) is 0.808. The zero-order valence-electron chi connectivity index (χ0n) is 10.9. The molecule has 1 fully saturated rings. The summed E-state index contributed by atoms with van der Waals surface area (Å²) in [5, 5.41) is 3.78. The van der Waals surface area contributed by atoms with Crippen molar-refractivity contribution in [3.63, 3.8) is 0 Å². The normalized spacial score (nSPS) is 17.6. The molecule has 0 radical (unpaired) electrons. The van der Waals surface area contributed by atoms with Crippen LogP contribution >= 0.6 is 27.5 Å². The molecule has 2 nitrogen and oxygen atoms in total. The van der Waals surface area contributed by atoms with Gasteiger partial charge in [0.05, 0.1) is 5.56 Å². The minimum atomic E-state index is -0.00545. The molecule has 0 spiro atoms. The molecule has 0 unspecified atom stereocenters. The molecule has 1 aromatic carbocycles. The Morgan fingerprint density at radius 2 is 1.79 bits per heavy atom. The second-order valence-corrected chi connectivity index (χ2v) is 6.43. The van der Waals surface area contributed by atoms with Gasteiger partial charge in [0.25, 0.3) is 5.91 Å². The maximum atomic E-state index is 12.3. The second kappa shape index (κ2) is 7.30. The molecule has 0 bridgehead atoms. The van der Waals surface area contributed by atoms with Gasteiger partial charge in [-0.2, -0.15) is 0 Å². The van der Waals surface area contributed by atoms with Crippen LogP contribution in [0, 0.1) is 0 Å². The zero-order valence-corrected chi connectivity index (χ0v) is 13.3. The summed E-state index contributed by atoms with van der Waals surface area (Å²) in [7, 11) is 0. The van der Waals surface area contributed by atoms with Crippen molar-refractivity contribution in [2.45, 2.75) is 51.0 Å². The Kier molecular flexibility index (Phi) is 5.71. The maximum absolute atomic E-state index is 12.3. The molecule has 104 valence electrons. The molecule has 19 heavy (non-hydrogen) atoms. The molecule has 4 heteroatoms. The van der Waals surface area contributed by atoms with E-state index < -0.39 is 0 Å². The lowest BCUT2D eigenvalue weighted by Gasteiger charge is -2.21. The Hall–Kier alpha value is -0.540. The lowest BCUT2D eigenvalue weighted by Crippen LogP contribution is -2.35. The predicted molar refractivity (Wildman–Crippen MR) is 82.7 cm³/mol. The van der Waals surface area contributed by atoms with E-state index in [4.69, 9.17) is 11.6 Å². The van der Waals surface area contributed by atoms with E-state index in [-0.39, 0.29) is 5.91 Å². The molecule has 0 saturated heterocycles. The van der Waals surface area contributed by atoms with E-state index in [2.05, 4.69) is 21.2 Å². The SMILES string of the molecule is O=C(NC1CCCCCCC1)c1ccc(Cl)cc1Br. The minimum absolute atomic E-state index is 0.00545. The highest BCUT2D eigenvalue weighted by atomic mass is 79.9. The summed E-state index contributed by atoms with van der Waals surface area (Å²) < 4.78 is 0.753. The van der Waals surface area contributed by atoms with E-state index >= 15 is 0 Å². The lowest BCUT2D eigenvalue weighted by atomic mass is 9.96. The van der Waals surface area contributed by atoms with Gasteiger partial charge >= 0.3 is 0 Å². The molecule has 1 aliphatic carbocycles. The summed E-state index contributed by atoms with van der Waals surface area (Å²) in [6.45, 7) is 0. The third-order valence-electron chi connectivity index (χ3n) is 3.62. The Balaban J connectivity index is 1.99. The Bertz CT molecular complexity index is 442. The highest BCUT2D eigenvalue weighted by molar-refractivity contribution is 9.10. The first-order valence-corrected chi connectivity index (χ1v) is 8.10. The molecule has 2 rings (SSSR count). The Morgan fingerprint density at radius 3 is 2.42 bits per heavy atom. The molecule has 0 atom stereocenters. The molecular formula is C15H19BrClNO. The van der Waals surface area contributed by atoms with Gasteiger partial charge in [0.1, 0.15) is 0 Å². The van der Waals surface area contributed by atoms with Crippen molar-refractivity contribution in [1.29, 1.82) is 0 Å². The van der Waals surface area contributed by atoms with Crippen LogP contribution in [-0.2, 0) is 0 Å². The van der Waals surface area contributed by atoms with Crippen LogP contribution < -0.4 is 5.32 Å². The van der Waals surface area contributed by atoms with Gasteiger partial charge in [0.2, 0.25) is 0 Å². The molecule has 1 saturated carbocycles. The number of benzene rings is 1. The standard InChI is InChI=1S/C15H19BrClNO/c16-14-10-11(17)8-9-13(14)15(19)18-12-6-4-2-1-3-5-7-12/h8-10,12H,1-7H2,(H,18,19). The summed E-state index contributed by atoms with van der Waals surface area (Å²) in [4.78, 5) is 12.3. The highest BCUT2D eigenvalue weighted by Crippen LogP contribution is 2.22. The third-order valence-corrected chi connectivity index (χ3v) is 4.51. The first-order chi connectivity index (χ1) is 9.16. The minimum Gasteiger partial charge on any atom is -0.349 e. The molecule has 0 heterocycles. The largest absolute Gasteiger partial charge is 0.349 e. The molecule has 1 amide bonds. The van der Waals surface area contributed by atoms with Gasteiger partial charge in [-0.15, -0.1) is 0 Å². The van der Waals surface area contributed by atoms with E-state index in [0.717, 1.165) is 17.3 Å². The number of halogens is 2. The Morgan fingerprint density at radius 1 is 1.16 bits per heavy atom. The van der Waals surface area contributed by atoms with E-state index in [1.807, 2.05) is 0 Å². The van der Waals surface area contributed by atoms with Gasteiger partial charge in [-0.25, -0.2) is 0 Å².